The fraction of sp³-hybridized carbons (Fsp3) is 0.0345. The summed E-state index contributed by atoms with van der Waals surface area (Å²) >= 11 is 0. The Morgan fingerprint density at radius 1 is 0.677 bits per heavy atom. The summed E-state index contributed by atoms with van der Waals surface area (Å²) in [5.74, 6) is 0. The van der Waals surface area contributed by atoms with E-state index >= 15 is 0 Å². The molecule has 0 atom stereocenters. The van der Waals surface area contributed by atoms with Crippen LogP contribution in [0.5, 0.6) is 0 Å². The van der Waals surface area contributed by atoms with Crippen LogP contribution in [-0.4, -0.2) is 4.57 Å². The molecule has 0 saturated heterocycles. The maximum atomic E-state index is 3.68. The summed E-state index contributed by atoms with van der Waals surface area (Å²) in [6.45, 7) is 0. The Bertz CT molecular complexity index is 1470. The fourth-order valence-electron chi connectivity index (χ4n) is 4.58. The number of nitrogens with zero attached hydrogens (tertiary/aromatic N) is 1. The summed E-state index contributed by atoms with van der Waals surface area (Å²) in [7, 11) is 0. The van der Waals surface area contributed by atoms with Crippen LogP contribution >= 0.6 is 0 Å². The molecular formula is C29H22N2. The van der Waals surface area contributed by atoms with E-state index in [9.17, 15) is 0 Å². The van der Waals surface area contributed by atoms with E-state index in [1.807, 2.05) is 0 Å². The molecule has 1 aromatic heterocycles. The number of rotatable bonds is 3. The summed E-state index contributed by atoms with van der Waals surface area (Å²) in [6.07, 6.45) is 9.60. The molecule has 0 spiro atoms. The highest BCUT2D eigenvalue weighted by molar-refractivity contribution is 6.10. The smallest absolute Gasteiger partial charge is 0.0561 e. The fourth-order valence-corrected chi connectivity index (χ4v) is 4.58. The van der Waals surface area contributed by atoms with Crippen LogP contribution in [-0.2, 0) is 6.42 Å². The Balaban J connectivity index is 1.52. The standard InChI is InChI=1S/C29H22N2/c1-3-10-21-11-9-16-27(24(21)14-6-1)30-22-18-19-26-25-15-7-8-17-28(25)31(29(26)20-22)23-12-4-2-5-13-23/h1-9,11-20,30H,10H2. The highest BCUT2D eigenvalue weighted by Crippen LogP contribution is 2.35. The third-order valence-corrected chi connectivity index (χ3v) is 6.01. The van der Waals surface area contributed by atoms with Gasteiger partial charge in [-0.3, -0.25) is 0 Å². The summed E-state index contributed by atoms with van der Waals surface area (Å²) in [5, 5.41) is 6.22. The Labute approximate surface area is 181 Å². The number of hydrogen-bond acceptors (Lipinski definition) is 1. The van der Waals surface area contributed by atoms with Crippen molar-refractivity contribution in [3.63, 3.8) is 0 Å². The van der Waals surface area contributed by atoms with Crippen molar-refractivity contribution in [2.24, 2.45) is 0 Å². The molecule has 31 heavy (non-hydrogen) atoms. The lowest BCUT2D eigenvalue weighted by Crippen LogP contribution is -1.97. The Morgan fingerprint density at radius 2 is 1.52 bits per heavy atom. The van der Waals surface area contributed by atoms with E-state index < -0.39 is 0 Å². The number of hydrogen-bond donors (Lipinski definition) is 1. The van der Waals surface area contributed by atoms with Crippen LogP contribution < -0.4 is 5.32 Å². The second-order valence-corrected chi connectivity index (χ2v) is 7.91. The first kappa shape index (κ1) is 17.8. The monoisotopic (exact) mass is 398 g/mol. The number of anilines is 2. The first-order chi connectivity index (χ1) is 15.4. The van der Waals surface area contributed by atoms with Crippen LogP contribution in [0.2, 0.25) is 0 Å². The Kier molecular flexibility index (Phi) is 4.21. The van der Waals surface area contributed by atoms with E-state index in [1.165, 1.54) is 38.6 Å². The van der Waals surface area contributed by atoms with Crippen molar-refractivity contribution >= 4 is 39.3 Å². The van der Waals surface area contributed by atoms with Crippen LogP contribution in [0.3, 0.4) is 0 Å². The minimum atomic E-state index is 0.957. The zero-order valence-electron chi connectivity index (χ0n) is 17.1. The molecule has 1 N–H and O–H groups in total. The zero-order valence-corrected chi connectivity index (χ0v) is 17.1. The predicted octanol–water partition coefficient (Wildman–Crippen LogP) is 7.65. The molecule has 2 nitrogen and oxygen atoms in total. The van der Waals surface area contributed by atoms with Crippen LogP contribution in [0, 0.1) is 0 Å². The van der Waals surface area contributed by atoms with Gasteiger partial charge in [-0.05, 0) is 48.4 Å². The number of benzene rings is 4. The van der Waals surface area contributed by atoms with Gasteiger partial charge in [-0.1, -0.05) is 78.9 Å². The summed E-state index contributed by atoms with van der Waals surface area (Å²) in [4.78, 5) is 0. The Morgan fingerprint density at radius 3 is 2.45 bits per heavy atom. The van der Waals surface area contributed by atoms with Gasteiger partial charge >= 0.3 is 0 Å². The lowest BCUT2D eigenvalue weighted by Gasteiger charge is -2.14. The summed E-state index contributed by atoms with van der Waals surface area (Å²) in [6, 6.07) is 32.4. The summed E-state index contributed by atoms with van der Waals surface area (Å²) in [5.41, 5.74) is 8.44. The topological polar surface area (TPSA) is 17.0 Å². The molecule has 5 aromatic rings. The van der Waals surface area contributed by atoms with Gasteiger partial charge in [0.05, 0.1) is 11.0 Å². The highest BCUT2D eigenvalue weighted by Gasteiger charge is 2.13. The number of aromatic nitrogens is 1. The molecule has 1 aliphatic carbocycles. The van der Waals surface area contributed by atoms with Gasteiger partial charge in [-0.2, -0.15) is 0 Å². The van der Waals surface area contributed by atoms with Gasteiger partial charge < -0.3 is 9.88 Å². The van der Waals surface area contributed by atoms with Crippen LogP contribution in [0.4, 0.5) is 11.4 Å². The van der Waals surface area contributed by atoms with E-state index in [0.717, 1.165) is 17.8 Å². The van der Waals surface area contributed by atoms with Gasteiger partial charge in [-0.25, -0.2) is 0 Å². The molecule has 148 valence electrons. The minimum Gasteiger partial charge on any atom is -0.355 e. The quantitative estimate of drug-likeness (QED) is 0.330. The molecular weight excluding hydrogens is 376 g/mol. The molecule has 0 fully saturated rings. The number of allylic oxidation sites excluding steroid dienone is 3. The van der Waals surface area contributed by atoms with Gasteiger partial charge in [-0.15, -0.1) is 0 Å². The number of para-hydroxylation sites is 2. The Hall–Kier alpha value is -4.04. The van der Waals surface area contributed by atoms with Gasteiger partial charge in [0.15, 0.2) is 0 Å². The molecule has 0 amide bonds. The van der Waals surface area contributed by atoms with Crippen LogP contribution in [0.15, 0.2) is 109 Å². The van der Waals surface area contributed by atoms with E-state index in [-0.39, 0.29) is 0 Å². The number of nitrogens with one attached hydrogen (secondary N) is 1. The SMILES string of the molecule is C1=CCc2cccc(Nc3ccc4c5ccccc5n(-c5ccccc5)c4c3)c2C=C1. The van der Waals surface area contributed by atoms with Crippen molar-refractivity contribution < 1.29 is 0 Å². The molecule has 0 aliphatic heterocycles. The van der Waals surface area contributed by atoms with Crippen molar-refractivity contribution in [1.29, 1.82) is 0 Å². The van der Waals surface area contributed by atoms with Crippen molar-refractivity contribution in [3.05, 3.63) is 120 Å². The van der Waals surface area contributed by atoms with Crippen molar-refractivity contribution in [2.75, 3.05) is 5.32 Å². The normalized spacial score (nSPS) is 12.8. The third-order valence-electron chi connectivity index (χ3n) is 6.01. The number of fused-ring (bicyclic) bond motifs is 4. The molecule has 2 heteroatoms. The van der Waals surface area contributed by atoms with Crippen LogP contribution in [0.25, 0.3) is 33.6 Å². The second kappa shape index (κ2) is 7.33. The molecule has 4 aromatic carbocycles. The third kappa shape index (κ3) is 3.04. The first-order valence-corrected chi connectivity index (χ1v) is 10.7. The molecule has 0 saturated carbocycles. The second-order valence-electron chi connectivity index (χ2n) is 7.91. The maximum Gasteiger partial charge on any atom is 0.0561 e. The average Bonchev–Trinajstić information content (AvgIpc) is 2.95. The van der Waals surface area contributed by atoms with Gasteiger partial charge in [0.2, 0.25) is 0 Å². The summed E-state index contributed by atoms with van der Waals surface area (Å²) < 4.78 is 2.35. The predicted molar refractivity (Wildman–Crippen MR) is 132 cm³/mol. The van der Waals surface area contributed by atoms with E-state index in [4.69, 9.17) is 0 Å². The molecule has 0 radical (unpaired) electrons. The highest BCUT2D eigenvalue weighted by atomic mass is 15.0. The van der Waals surface area contributed by atoms with E-state index in [1.54, 1.807) is 0 Å². The van der Waals surface area contributed by atoms with E-state index in [2.05, 4.69) is 125 Å². The minimum absolute atomic E-state index is 0.957. The lowest BCUT2D eigenvalue weighted by molar-refractivity contribution is 1.18. The maximum absolute atomic E-state index is 3.68. The molecule has 1 heterocycles. The molecule has 1 aliphatic rings. The van der Waals surface area contributed by atoms with Crippen LogP contribution in [0.1, 0.15) is 11.1 Å². The van der Waals surface area contributed by atoms with Gasteiger partial charge in [0.1, 0.15) is 0 Å². The lowest BCUT2D eigenvalue weighted by atomic mass is 10.0. The average molecular weight is 399 g/mol. The molecule has 6 rings (SSSR count). The van der Waals surface area contributed by atoms with Crippen molar-refractivity contribution in [1.82, 2.24) is 4.57 Å². The zero-order chi connectivity index (χ0) is 20.6. The van der Waals surface area contributed by atoms with Gasteiger partial charge in [0.25, 0.3) is 0 Å². The van der Waals surface area contributed by atoms with Crippen molar-refractivity contribution in [3.8, 4) is 5.69 Å². The molecule has 0 unspecified atom stereocenters. The van der Waals surface area contributed by atoms with Gasteiger partial charge in [0, 0.05) is 33.4 Å². The largest absolute Gasteiger partial charge is 0.355 e. The first-order valence-electron chi connectivity index (χ1n) is 10.7. The van der Waals surface area contributed by atoms with Crippen molar-refractivity contribution in [2.45, 2.75) is 6.42 Å². The molecule has 0 bridgehead atoms. The van der Waals surface area contributed by atoms with E-state index in [0.29, 0.717) is 0 Å².